The molecule has 1 aliphatic carbocycles. The fourth-order valence-corrected chi connectivity index (χ4v) is 3.77. The molecule has 1 saturated heterocycles. The molecule has 1 aliphatic heterocycles. The zero-order chi connectivity index (χ0) is 16.4. The van der Waals surface area contributed by atoms with E-state index in [1.807, 2.05) is 18.2 Å². The average molecular weight is 324 g/mol. The molecular formula is C19H24N4O. The highest BCUT2D eigenvalue weighted by molar-refractivity contribution is 6.03. The van der Waals surface area contributed by atoms with E-state index in [0.29, 0.717) is 6.54 Å². The van der Waals surface area contributed by atoms with Crippen LogP contribution in [-0.4, -0.2) is 48.5 Å². The lowest BCUT2D eigenvalue weighted by Crippen LogP contribution is -2.46. The zero-order valence-corrected chi connectivity index (χ0v) is 14.0. The number of fused-ring (bicyclic) bond motifs is 2. The Kier molecular flexibility index (Phi) is 4.45. The second-order valence-corrected chi connectivity index (χ2v) is 6.71. The lowest BCUT2D eigenvalue weighted by atomic mass is 9.92. The number of nitrogens with one attached hydrogen (secondary N) is 2. The molecule has 0 saturated carbocycles. The van der Waals surface area contributed by atoms with Crippen LogP contribution in [0.25, 0.3) is 10.9 Å². The molecule has 1 aromatic heterocycles. The van der Waals surface area contributed by atoms with Crippen molar-refractivity contribution in [2.24, 2.45) is 0 Å². The van der Waals surface area contributed by atoms with Gasteiger partial charge in [0.15, 0.2) is 0 Å². The van der Waals surface area contributed by atoms with Gasteiger partial charge >= 0.3 is 0 Å². The number of carbonyl (C=O) groups excluding carboxylic acids is 1. The zero-order valence-electron chi connectivity index (χ0n) is 14.0. The minimum absolute atomic E-state index is 0.0843. The van der Waals surface area contributed by atoms with Gasteiger partial charge in [-0.2, -0.15) is 0 Å². The fraction of sp³-hybridized carbons (Fsp3) is 0.474. The molecule has 2 aromatic rings. The van der Waals surface area contributed by atoms with Gasteiger partial charge in [-0.3, -0.25) is 14.7 Å². The Bertz CT molecular complexity index is 752. The predicted molar refractivity (Wildman–Crippen MR) is 96.3 cm³/mol. The van der Waals surface area contributed by atoms with Gasteiger partial charge in [0.2, 0.25) is 5.91 Å². The second kappa shape index (κ2) is 6.87. The quantitative estimate of drug-likeness (QED) is 0.906. The summed E-state index contributed by atoms with van der Waals surface area (Å²) >= 11 is 0. The molecule has 0 radical (unpaired) electrons. The van der Waals surface area contributed by atoms with E-state index in [1.165, 1.54) is 18.4 Å². The minimum atomic E-state index is 0.0843. The number of hydrogen-bond donors (Lipinski definition) is 2. The van der Waals surface area contributed by atoms with Crippen molar-refractivity contribution in [3.05, 3.63) is 35.5 Å². The Morgan fingerprint density at radius 1 is 1.17 bits per heavy atom. The molecule has 0 unspecified atom stereocenters. The summed E-state index contributed by atoms with van der Waals surface area (Å²) in [6.45, 7) is 4.25. The Morgan fingerprint density at radius 2 is 1.96 bits per heavy atom. The Balaban J connectivity index is 1.63. The van der Waals surface area contributed by atoms with E-state index >= 15 is 0 Å². The summed E-state index contributed by atoms with van der Waals surface area (Å²) < 4.78 is 0. The maximum Gasteiger partial charge on any atom is 0.238 e. The monoisotopic (exact) mass is 324 g/mol. The van der Waals surface area contributed by atoms with Crippen LogP contribution in [0.2, 0.25) is 0 Å². The van der Waals surface area contributed by atoms with Crippen molar-refractivity contribution in [3.63, 3.8) is 0 Å². The molecule has 24 heavy (non-hydrogen) atoms. The van der Waals surface area contributed by atoms with Crippen molar-refractivity contribution in [1.82, 2.24) is 15.2 Å². The van der Waals surface area contributed by atoms with Gasteiger partial charge in [-0.25, -0.2) is 0 Å². The van der Waals surface area contributed by atoms with Crippen molar-refractivity contribution < 1.29 is 4.79 Å². The van der Waals surface area contributed by atoms with Crippen LogP contribution < -0.4 is 10.6 Å². The lowest BCUT2D eigenvalue weighted by Gasteiger charge is -2.27. The summed E-state index contributed by atoms with van der Waals surface area (Å²) in [6, 6.07) is 8.13. The number of piperazine rings is 1. The molecular weight excluding hydrogens is 300 g/mol. The summed E-state index contributed by atoms with van der Waals surface area (Å²) in [4.78, 5) is 19.7. The van der Waals surface area contributed by atoms with E-state index in [4.69, 9.17) is 4.98 Å². The summed E-state index contributed by atoms with van der Waals surface area (Å²) in [5, 5.41) is 7.60. The van der Waals surface area contributed by atoms with Crippen LogP contribution in [-0.2, 0) is 17.6 Å². The number of hydrogen-bond acceptors (Lipinski definition) is 4. The molecule has 1 fully saturated rings. The number of rotatable bonds is 3. The minimum Gasteiger partial charge on any atom is -0.324 e. The summed E-state index contributed by atoms with van der Waals surface area (Å²) in [5.74, 6) is 0.0843. The number of nitrogens with zero attached hydrogens (tertiary/aromatic N) is 2. The molecule has 5 heteroatoms. The van der Waals surface area contributed by atoms with E-state index in [9.17, 15) is 4.79 Å². The number of aryl methyl sites for hydroxylation is 1. The van der Waals surface area contributed by atoms with Gasteiger partial charge in [-0.1, -0.05) is 18.2 Å². The van der Waals surface area contributed by atoms with Crippen molar-refractivity contribution in [1.29, 1.82) is 0 Å². The van der Waals surface area contributed by atoms with Gasteiger partial charge in [-0.15, -0.1) is 0 Å². The van der Waals surface area contributed by atoms with Gasteiger partial charge in [0.05, 0.1) is 17.7 Å². The van der Waals surface area contributed by atoms with Crippen LogP contribution in [0, 0.1) is 0 Å². The molecule has 2 N–H and O–H groups in total. The first-order valence-electron chi connectivity index (χ1n) is 8.95. The third kappa shape index (κ3) is 3.14. The highest BCUT2D eigenvalue weighted by Gasteiger charge is 2.20. The Hall–Kier alpha value is -1.98. The highest BCUT2D eigenvalue weighted by Crippen LogP contribution is 2.33. The predicted octanol–water partition coefficient (Wildman–Crippen LogP) is 1.96. The largest absolute Gasteiger partial charge is 0.324 e. The van der Waals surface area contributed by atoms with Crippen molar-refractivity contribution in [2.45, 2.75) is 25.7 Å². The van der Waals surface area contributed by atoms with Crippen LogP contribution in [0.15, 0.2) is 24.3 Å². The van der Waals surface area contributed by atoms with E-state index < -0.39 is 0 Å². The molecule has 126 valence electrons. The highest BCUT2D eigenvalue weighted by atomic mass is 16.2. The third-order valence-corrected chi connectivity index (χ3v) is 5.01. The maximum absolute atomic E-state index is 12.6. The van der Waals surface area contributed by atoms with Gasteiger partial charge in [0.25, 0.3) is 0 Å². The number of amides is 1. The number of para-hydroxylation sites is 1. The van der Waals surface area contributed by atoms with Gasteiger partial charge in [0.1, 0.15) is 0 Å². The molecule has 1 amide bonds. The van der Waals surface area contributed by atoms with Gasteiger partial charge < -0.3 is 10.6 Å². The summed E-state index contributed by atoms with van der Waals surface area (Å²) in [5.41, 5.74) is 4.39. The Labute approximate surface area is 142 Å². The maximum atomic E-state index is 12.6. The molecule has 0 atom stereocenters. The second-order valence-electron chi connectivity index (χ2n) is 6.71. The number of aromatic nitrogens is 1. The fourth-order valence-electron chi connectivity index (χ4n) is 3.77. The van der Waals surface area contributed by atoms with E-state index in [-0.39, 0.29) is 5.91 Å². The van der Waals surface area contributed by atoms with E-state index in [2.05, 4.69) is 21.6 Å². The number of carbonyl (C=O) groups is 1. The van der Waals surface area contributed by atoms with Gasteiger partial charge in [-0.05, 0) is 37.3 Å². The molecule has 4 rings (SSSR count). The summed E-state index contributed by atoms with van der Waals surface area (Å²) in [6.07, 6.45) is 4.39. The topological polar surface area (TPSA) is 57.3 Å². The van der Waals surface area contributed by atoms with E-state index in [1.54, 1.807) is 0 Å². The van der Waals surface area contributed by atoms with Gasteiger partial charge in [0, 0.05) is 37.3 Å². The number of pyridine rings is 1. The average Bonchev–Trinajstić information content (AvgIpc) is 2.62. The normalized spacial score (nSPS) is 18.3. The molecule has 2 aliphatic rings. The smallest absolute Gasteiger partial charge is 0.238 e. The molecule has 5 nitrogen and oxygen atoms in total. The first-order valence-corrected chi connectivity index (χ1v) is 8.95. The van der Waals surface area contributed by atoms with Crippen molar-refractivity contribution in [3.8, 4) is 0 Å². The number of benzene rings is 1. The van der Waals surface area contributed by atoms with Crippen molar-refractivity contribution >= 4 is 22.5 Å². The summed E-state index contributed by atoms with van der Waals surface area (Å²) in [7, 11) is 0. The lowest BCUT2D eigenvalue weighted by molar-refractivity contribution is -0.117. The standard InChI is InChI=1S/C19H24N4O/c24-18(13-23-11-9-20-10-12-23)22-19-14-5-1-3-7-16(14)21-17-8-4-2-6-15(17)19/h1,3,5,7,20H,2,4,6,8-13H2,(H,21,22,24). The molecule has 1 aromatic carbocycles. The van der Waals surface area contributed by atoms with Crippen LogP contribution >= 0.6 is 0 Å². The Morgan fingerprint density at radius 3 is 2.83 bits per heavy atom. The molecule has 2 heterocycles. The first-order chi connectivity index (χ1) is 11.8. The molecule has 0 spiro atoms. The van der Waals surface area contributed by atoms with E-state index in [0.717, 1.165) is 61.3 Å². The molecule has 0 bridgehead atoms. The first kappa shape index (κ1) is 15.5. The van der Waals surface area contributed by atoms with Crippen LogP contribution in [0.3, 0.4) is 0 Å². The van der Waals surface area contributed by atoms with Crippen LogP contribution in [0.4, 0.5) is 5.69 Å². The van der Waals surface area contributed by atoms with Crippen molar-refractivity contribution in [2.75, 3.05) is 38.0 Å². The van der Waals surface area contributed by atoms with Crippen LogP contribution in [0.1, 0.15) is 24.1 Å². The third-order valence-electron chi connectivity index (χ3n) is 5.01. The SMILES string of the molecule is O=C(CN1CCNCC1)Nc1c2c(nc3ccccc13)CCCC2. The van der Waals surface area contributed by atoms with Crippen LogP contribution in [0.5, 0.6) is 0 Å². The number of anilines is 1.